The summed E-state index contributed by atoms with van der Waals surface area (Å²) in [7, 11) is 1.79. The van der Waals surface area contributed by atoms with Crippen LogP contribution in [0.4, 0.5) is 0 Å². The molecule has 1 aliphatic carbocycles. The van der Waals surface area contributed by atoms with Gasteiger partial charge in [-0.2, -0.15) is 0 Å². The molecule has 1 aromatic carbocycles. The predicted octanol–water partition coefficient (Wildman–Crippen LogP) is 3.21. The van der Waals surface area contributed by atoms with Gasteiger partial charge in [0.25, 0.3) is 5.91 Å². The maximum Gasteiger partial charge on any atom is 0.253 e. The van der Waals surface area contributed by atoms with Crippen LogP contribution in [0.5, 0.6) is 0 Å². The van der Waals surface area contributed by atoms with Crippen LogP contribution in [0.15, 0.2) is 24.3 Å². The van der Waals surface area contributed by atoms with Crippen molar-refractivity contribution in [3.63, 3.8) is 0 Å². The fourth-order valence-corrected chi connectivity index (χ4v) is 4.00. The van der Waals surface area contributed by atoms with E-state index in [0.29, 0.717) is 23.2 Å². The normalized spacial score (nSPS) is 25.3. The summed E-state index contributed by atoms with van der Waals surface area (Å²) in [5.41, 5.74) is 0.611. The maximum atomic E-state index is 12.6. The molecule has 1 N–H and O–H groups in total. The van der Waals surface area contributed by atoms with E-state index >= 15 is 0 Å². The molecule has 0 bridgehead atoms. The van der Waals surface area contributed by atoms with E-state index in [9.17, 15) is 9.90 Å². The monoisotopic (exact) mass is 372 g/mol. The molecule has 24 heavy (non-hydrogen) atoms. The lowest BCUT2D eigenvalue weighted by atomic mass is 9.94. The van der Waals surface area contributed by atoms with Crippen LogP contribution < -0.4 is 0 Å². The smallest absolute Gasteiger partial charge is 0.253 e. The third-order valence-corrected chi connectivity index (χ3v) is 5.54. The summed E-state index contributed by atoms with van der Waals surface area (Å²) in [5, 5.41) is 11.1. The average molecular weight is 373 g/mol. The molecule has 4 nitrogen and oxygen atoms in total. The van der Waals surface area contributed by atoms with E-state index in [-0.39, 0.29) is 24.4 Å². The number of aliphatic hydroxyl groups is 1. The highest BCUT2D eigenvalue weighted by molar-refractivity contribution is 6.30. The van der Waals surface area contributed by atoms with Crippen molar-refractivity contribution < 1.29 is 9.90 Å². The Morgan fingerprint density at radius 2 is 1.79 bits per heavy atom. The molecule has 1 aliphatic heterocycles. The minimum absolute atomic E-state index is 0. The molecule has 6 heteroatoms. The molecular weight excluding hydrogens is 347 g/mol. The summed E-state index contributed by atoms with van der Waals surface area (Å²) in [5.74, 6) is -0.0591. The minimum atomic E-state index is -0.474. The molecule has 0 spiro atoms. The lowest BCUT2D eigenvalue weighted by molar-refractivity contribution is 0.0581. The van der Waals surface area contributed by atoms with Gasteiger partial charge in [0.2, 0.25) is 0 Å². The van der Waals surface area contributed by atoms with Crippen molar-refractivity contribution in [1.82, 2.24) is 9.80 Å². The van der Waals surface area contributed by atoms with Crippen molar-refractivity contribution >= 4 is 29.9 Å². The van der Waals surface area contributed by atoms with Crippen LogP contribution in [0.1, 0.15) is 42.5 Å². The first kappa shape index (κ1) is 19.5. The topological polar surface area (TPSA) is 43.8 Å². The standard InChI is InChI=1S/C18H25ClN2O2.ClH/c1-20(18(23)13-7-9-14(19)10-8-13)16-11-21(12-17(16)22)15-5-3-2-4-6-15;/h7-10,15-17,22H,2-6,11-12H2,1H3;1H/t16-,17-;/m0./s1. The van der Waals surface area contributed by atoms with Crippen molar-refractivity contribution in [1.29, 1.82) is 0 Å². The molecule has 2 fully saturated rings. The average Bonchev–Trinajstić information content (AvgIpc) is 2.97. The molecule has 1 saturated heterocycles. The van der Waals surface area contributed by atoms with Gasteiger partial charge in [-0.3, -0.25) is 9.69 Å². The SMILES string of the molecule is CN(C(=O)c1ccc(Cl)cc1)[C@H]1CN(C2CCCCC2)C[C@@H]1O.Cl. The van der Waals surface area contributed by atoms with Crippen LogP contribution in [0.25, 0.3) is 0 Å². The van der Waals surface area contributed by atoms with Gasteiger partial charge in [0.1, 0.15) is 0 Å². The highest BCUT2D eigenvalue weighted by Gasteiger charge is 2.39. The largest absolute Gasteiger partial charge is 0.390 e. The number of β-amino-alcohol motifs (C(OH)–C–C–N with tert-alkyl or cyclic N) is 1. The summed E-state index contributed by atoms with van der Waals surface area (Å²) < 4.78 is 0. The number of hydrogen-bond donors (Lipinski definition) is 1. The van der Waals surface area contributed by atoms with E-state index in [1.165, 1.54) is 32.1 Å². The summed E-state index contributed by atoms with van der Waals surface area (Å²) in [6.07, 6.45) is 5.84. The molecule has 134 valence electrons. The quantitative estimate of drug-likeness (QED) is 0.885. The highest BCUT2D eigenvalue weighted by atomic mass is 35.5. The van der Waals surface area contributed by atoms with Crippen molar-refractivity contribution in [2.45, 2.75) is 50.3 Å². The molecule has 1 saturated carbocycles. The number of carbonyl (C=O) groups is 1. The minimum Gasteiger partial charge on any atom is -0.390 e. The van der Waals surface area contributed by atoms with Crippen LogP contribution in [-0.4, -0.2) is 59.1 Å². The summed E-state index contributed by atoms with van der Waals surface area (Å²) in [6, 6.07) is 7.36. The molecule has 2 aliphatic rings. The Bertz CT molecular complexity index is 546. The second kappa shape index (κ2) is 8.52. The van der Waals surface area contributed by atoms with Crippen molar-refractivity contribution in [2.75, 3.05) is 20.1 Å². The van der Waals surface area contributed by atoms with Gasteiger partial charge >= 0.3 is 0 Å². The van der Waals surface area contributed by atoms with E-state index in [1.54, 1.807) is 36.2 Å². The van der Waals surface area contributed by atoms with E-state index in [1.807, 2.05) is 0 Å². The molecule has 1 amide bonds. The predicted molar refractivity (Wildman–Crippen MR) is 99.0 cm³/mol. The molecule has 0 unspecified atom stereocenters. The lowest BCUT2D eigenvalue weighted by Crippen LogP contribution is -2.44. The molecule has 1 aromatic rings. The van der Waals surface area contributed by atoms with E-state index in [4.69, 9.17) is 11.6 Å². The Hall–Kier alpha value is -0.810. The van der Waals surface area contributed by atoms with Gasteiger partial charge in [-0.05, 0) is 37.1 Å². The van der Waals surface area contributed by atoms with Gasteiger partial charge < -0.3 is 10.0 Å². The fraction of sp³-hybridized carbons (Fsp3) is 0.611. The first-order valence-corrected chi connectivity index (χ1v) is 8.89. The van der Waals surface area contributed by atoms with Crippen LogP contribution in [-0.2, 0) is 0 Å². The number of carbonyl (C=O) groups excluding carboxylic acids is 1. The number of benzene rings is 1. The van der Waals surface area contributed by atoms with Crippen LogP contribution in [0.3, 0.4) is 0 Å². The first-order valence-electron chi connectivity index (χ1n) is 8.51. The Labute approximate surface area is 155 Å². The second-order valence-corrected chi connectivity index (χ2v) is 7.24. The Morgan fingerprint density at radius 3 is 2.42 bits per heavy atom. The number of rotatable bonds is 3. The number of hydrogen-bond acceptors (Lipinski definition) is 3. The lowest BCUT2D eigenvalue weighted by Gasteiger charge is -2.31. The first-order chi connectivity index (χ1) is 11.1. The molecule has 0 aromatic heterocycles. The van der Waals surface area contributed by atoms with E-state index < -0.39 is 6.10 Å². The van der Waals surface area contributed by atoms with Crippen molar-refractivity contribution in [2.24, 2.45) is 0 Å². The number of aliphatic hydroxyl groups excluding tert-OH is 1. The van der Waals surface area contributed by atoms with Crippen LogP contribution >= 0.6 is 24.0 Å². The number of halogens is 2. The molecule has 0 radical (unpaired) electrons. The summed E-state index contributed by atoms with van der Waals surface area (Å²) in [4.78, 5) is 16.7. The Kier molecular flexibility index (Phi) is 6.93. The zero-order chi connectivity index (χ0) is 16.4. The fourth-order valence-electron chi connectivity index (χ4n) is 3.87. The zero-order valence-electron chi connectivity index (χ0n) is 14.0. The van der Waals surface area contributed by atoms with E-state index in [2.05, 4.69) is 4.90 Å². The van der Waals surface area contributed by atoms with Crippen molar-refractivity contribution in [3.8, 4) is 0 Å². The zero-order valence-corrected chi connectivity index (χ0v) is 15.6. The molecule has 1 heterocycles. The van der Waals surface area contributed by atoms with Gasteiger partial charge in [0.15, 0.2) is 0 Å². The highest BCUT2D eigenvalue weighted by Crippen LogP contribution is 2.27. The van der Waals surface area contributed by atoms with Crippen LogP contribution in [0.2, 0.25) is 5.02 Å². The summed E-state index contributed by atoms with van der Waals surface area (Å²) in [6.45, 7) is 1.44. The third-order valence-electron chi connectivity index (χ3n) is 5.29. The Balaban J connectivity index is 0.00000208. The van der Waals surface area contributed by atoms with Gasteiger partial charge in [-0.1, -0.05) is 30.9 Å². The van der Waals surface area contributed by atoms with Gasteiger partial charge in [-0.25, -0.2) is 0 Å². The van der Waals surface area contributed by atoms with Gasteiger partial charge in [0, 0.05) is 36.8 Å². The third kappa shape index (κ3) is 4.23. The number of amides is 1. The number of nitrogens with zero attached hydrogens (tertiary/aromatic N) is 2. The van der Waals surface area contributed by atoms with Crippen LogP contribution in [0, 0.1) is 0 Å². The molecule has 3 rings (SSSR count). The van der Waals surface area contributed by atoms with E-state index in [0.717, 1.165) is 6.54 Å². The molecular formula is C18H26Cl2N2O2. The maximum absolute atomic E-state index is 12.6. The van der Waals surface area contributed by atoms with Gasteiger partial charge in [-0.15, -0.1) is 12.4 Å². The van der Waals surface area contributed by atoms with Gasteiger partial charge in [0.05, 0.1) is 12.1 Å². The molecule has 2 atom stereocenters. The second-order valence-electron chi connectivity index (χ2n) is 6.80. The number of likely N-dealkylation sites (N-methyl/N-ethyl adjacent to an activating group) is 1. The van der Waals surface area contributed by atoms with Crippen molar-refractivity contribution in [3.05, 3.63) is 34.9 Å². The summed E-state index contributed by atoms with van der Waals surface area (Å²) >= 11 is 5.88. The number of likely N-dealkylation sites (tertiary alicyclic amines) is 1. The Morgan fingerprint density at radius 1 is 1.17 bits per heavy atom.